The smallest absolute Gasteiger partial charge is 0.124 e. The maximum atomic E-state index is 5.30. The van der Waals surface area contributed by atoms with E-state index < -0.39 is 0 Å². The molecule has 2 atom stereocenters. The number of thiazole rings is 1. The third kappa shape index (κ3) is 5.56. The minimum absolute atomic E-state index is 0.220. The number of benzene rings is 6. The van der Waals surface area contributed by atoms with Crippen LogP contribution in [0.3, 0.4) is 0 Å². The topological polar surface area (TPSA) is 25.2 Å². The second-order valence-corrected chi connectivity index (χ2v) is 15.9. The van der Waals surface area contributed by atoms with Gasteiger partial charge in [0, 0.05) is 43.3 Å². The zero-order valence-electron chi connectivity index (χ0n) is 28.7. The van der Waals surface area contributed by atoms with Gasteiger partial charge in [0.15, 0.2) is 0 Å². The van der Waals surface area contributed by atoms with E-state index in [0.29, 0.717) is 5.92 Å². The lowest BCUT2D eigenvalue weighted by atomic mass is 9.74. The molecular formula is C48H34N2S2. The molecule has 0 N–H and O–H groups in total. The van der Waals surface area contributed by atoms with Crippen LogP contribution < -0.4 is 0 Å². The van der Waals surface area contributed by atoms with Crippen LogP contribution in [0.15, 0.2) is 157 Å². The van der Waals surface area contributed by atoms with Crippen LogP contribution in [-0.2, 0) is 6.42 Å². The average Bonchev–Trinajstić information content (AvgIpc) is 3.80. The number of rotatable bonds is 6. The first-order chi connectivity index (χ1) is 25.6. The van der Waals surface area contributed by atoms with Crippen LogP contribution in [0.4, 0.5) is 0 Å². The predicted octanol–water partition coefficient (Wildman–Crippen LogP) is 13.2. The zero-order chi connectivity index (χ0) is 34.6. The maximum Gasteiger partial charge on any atom is 0.124 e. The minimum atomic E-state index is 0.220. The highest BCUT2D eigenvalue weighted by Crippen LogP contribution is 2.47. The van der Waals surface area contributed by atoms with Gasteiger partial charge in [-0.3, -0.25) is 4.99 Å². The van der Waals surface area contributed by atoms with Crippen molar-refractivity contribution in [2.75, 3.05) is 0 Å². The maximum absolute atomic E-state index is 5.30. The summed E-state index contributed by atoms with van der Waals surface area (Å²) in [6.07, 6.45) is 12.3. The number of allylic oxidation sites excluding steroid dienone is 3. The number of hydrogen-bond donors (Lipinski definition) is 0. The van der Waals surface area contributed by atoms with Crippen LogP contribution in [0.2, 0.25) is 0 Å². The SMILES string of the molecule is C/C(=N\C(=C/Cc1ccc2c(c1)sc1cc3ccccc3cc12)c1ccccc1)c1ccc2c(c1)C=CC1C=Cc3sc(-c4ccccc4)nc3C21. The van der Waals surface area contributed by atoms with Crippen LogP contribution in [0.25, 0.3) is 59.4 Å². The number of thiophene rings is 1. The number of aliphatic imine (C=N–C) groups is 1. The van der Waals surface area contributed by atoms with Crippen LogP contribution in [0.5, 0.6) is 0 Å². The molecule has 0 saturated heterocycles. The average molecular weight is 703 g/mol. The van der Waals surface area contributed by atoms with E-state index >= 15 is 0 Å². The predicted molar refractivity (Wildman–Crippen MR) is 225 cm³/mol. The molecule has 0 aliphatic heterocycles. The van der Waals surface area contributed by atoms with E-state index in [4.69, 9.17) is 9.98 Å². The van der Waals surface area contributed by atoms with E-state index in [0.717, 1.165) is 34.0 Å². The van der Waals surface area contributed by atoms with Crippen molar-refractivity contribution in [3.63, 3.8) is 0 Å². The quantitative estimate of drug-likeness (QED) is 0.158. The molecule has 4 heteroatoms. The van der Waals surface area contributed by atoms with Gasteiger partial charge in [-0.2, -0.15) is 0 Å². The van der Waals surface area contributed by atoms with Gasteiger partial charge in [-0.15, -0.1) is 22.7 Å². The minimum Gasteiger partial charge on any atom is -0.253 e. The van der Waals surface area contributed by atoms with Crippen molar-refractivity contribution in [3.05, 3.63) is 190 Å². The fourth-order valence-electron chi connectivity index (χ4n) is 7.78. The first-order valence-corrected chi connectivity index (χ1v) is 19.5. The molecule has 2 heterocycles. The Bertz CT molecular complexity index is 2780. The number of fused-ring (bicyclic) bond motifs is 9. The van der Waals surface area contributed by atoms with Gasteiger partial charge in [0.25, 0.3) is 0 Å². The molecule has 2 unspecified atom stereocenters. The van der Waals surface area contributed by atoms with E-state index in [1.165, 1.54) is 63.8 Å². The summed E-state index contributed by atoms with van der Waals surface area (Å²) in [5.41, 5.74) is 10.5. The number of nitrogens with zero attached hydrogens (tertiary/aromatic N) is 2. The van der Waals surface area contributed by atoms with Crippen molar-refractivity contribution < 1.29 is 0 Å². The normalized spacial score (nSPS) is 16.7. The summed E-state index contributed by atoms with van der Waals surface area (Å²) < 4.78 is 2.67. The Kier molecular flexibility index (Phi) is 7.67. The molecule has 248 valence electrons. The molecule has 10 rings (SSSR count). The second-order valence-electron chi connectivity index (χ2n) is 13.7. The number of aromatic nitrogens is 1. The van der Waals surface area contributed by atoms with Crippen molar-refractivity contribution in [2.24, 2.45) is 10.9 Å². The molecule has 0 bridgehead atoms. The van der Waals surface area contributed by atoms with Gasteiger partial charge in [-0.25, -0.2) is 4.98 Å². The van der Waals surface area contributed by atoms with E-state index in [-0.39, 0.29) is 5.92 Å². The standard InChI is InChI=1S/C48H34N2S2/c1-30(35-20-23-39-38(27-35)19-18-33-21-25-43-47(46(33)39)50-48(52-43)34-12-6-3-7-13-34)49-42(32-10-4-2-5-11-32)24-17-31-16-22-40-41-28-36-14-8-9-15-37(36)29-45(41)51-44(40)26-31/h2-16,18-29,33,46H,17H2,1H3/b42-24-,49-30+. The largest absolute Gasteiger partial charge is 0.253 e. The Morgan fingerprint density at radius 1 is 0.692 bits per heavy atom. The molecule has 2 aliphatic carbocycles. The van der Waals surface area contributed by atoms with Crippen molar-refractivity contribution >= 4 is 77.2 Å². The zero-order valence-corrected chi connectivity index (χ0v) is 30.3. The fraction of sp³-hybridized carbons (Fsp3) is 0.0833. The molecule has 2 aromatic heterocycles. The fourth-order valence-corrected chi connectivity index (χ4v) is 10.0. The van der Waals surface area contributed by atoms with Gasteiger partial charge in [0.1, 0.15) is 5.01 Å². The molecule has 0 fully saturated rings. The highest BCUT2D eigenvalue weighted by Gasteiger charge is 2.33. The van der Waals surface area contributed by atoms with Gasteiger partial charge >= 0.3 is 0 Å². The first-order valence-electron chi connectivity index (χ1n) is 17.9. The molecule has 2 nitrogen and oxygen atoms in total. The summed E-state index contributed by atoms with van der Waals surface area (Å²) in [6, 6.07) is 48.2. The lowest BCUT2D eigenvalue weighted by molar-refractivity contribution is 0.657. The van der Waals surface area contributed by atoms with Crippen molar-refractivity contribution in [3.8, 4) is 10.6 Å². The summed E-state index contributed by atoms with van der Waals surface area (Å²) in [5, 5.41) is 6.34. The summed E-state index contributed by atoms with van der Waals surface area (Å²) >= 11 is 3.67. The van der Waals surface area contributed by atoms with Crippen LogP contribution >= 0.6 is 22.7 Å². The van der Waals surface area contributed by atoms with Gasteiger partial charge in [-0.05, 0) is 82.3 Å². The van der Waals surface area contributed by atoms with E-state index in [1.807, 2.05) is 11.3 Å². The molecule has 0 saturated carbocycles. The molecule has 0 spiro atoms. The first kappa shape index (κ1) is 31.1. The highest BCUT2D eigenvalue weighted by molar-refractivity contribution is 7.25. The summed E-state index contributed by atoms with van der Waals surface area (Å²) in [7, 11) is 0. The molecular weight excluding hydrogens is 669 g/mol. The lowest BCUT2D eigenvalue weighted by Crippen LogP contribution is -2.19. The van der Waals surface area contributed by atoms with Gasteiger partial charge in [0.2, 0.25) is 0 Å². The Morgan fingerprint density at radius 3 is 2.29 bits per heavy atom. The Morgan fingerprint density at radius 2 is 1.44 bits per heavy atom. The van der Waals surface area contributed by atoms with E-state index in [9.17, 15) is 0 Å². The monoisotopic (exact) mass is 702 g/mol. The Labute approximate surface area is 311 Å². The van der Waals surface area contributed by atoms with Crippen molar-refractivity contribution in [1.82, 2.24) is 4.98 Å². The Hall–Kier alpha value is -5.68. The van der Waals surface area contributed by atoms with Crippen molar-refractivity contribution in [1.29, 1.82) is 0 Å². The molecule has 52 heavy (non-hydrogen) atoms. The molecule has 0 radical (unpaired) electrons. The second kappa shape index (κ2) is 12.8. The van der Waals surface area contributed by atoms with Crippen molar-refractivity contribution in [2.45, 2.75) is 19.3 Å². The molecule has 2 aliphatic rings. The molecule has 0 amide bonds. The van der Waals surface area contributed by atoms with Gasteiger partial charge in [-0.1, -0.05) is 133 Å². The number of hydrogen-bond acceptors (Lipinski definition) is 4. The highest BCUT2D eigenvalue weighted by atomic mass is 32.1. The third-order valence-electron chi connectivity index (χ3n) is 10.5. The van der Waals surface area contributed by atoms with Crippen LogP contribution in [0.1, 0.15) is 51.2 Å². The van der Waals surface area contributed by atoms with E-state index in [1.54, 1.807) is 11.3 Å². The van der Waals surface area contributed by atoms with E-state index in [2.05, 4.69) is 171 Å². The molecule has 6 aromatic carbocycles. The summed E-state index contributed by atoms with van der Waals surface area (Å²) in [5.74, 6) is 0.530. The molecule has 8 aromatic rings. The lowest BCUT2D eigenvalue weighted by Gasteiger charge is -2.30. The van der Waals surface area contributed by atoms with Crippen LogP contribution in [0, 0.1) is 5.92 Å². The van der Waals surface area contributed by atoms with Gasteiger partial charge in [0.05, 0.1) is 16.3 Å². The summed E-state index contributed by atoms with van der Waals surface area (Å²) in [6.45, 7) is 2.13. The Balaban J connectivity index is 0.968. The third-order valence-corrected chi connectivity index (χ3v) is 12.7. The van der Waals surface area contributed by atoms with Gasteiger partial charge < -0.3 is 0 Å². The summed E-state index contributed by atoms with van der Waals surface area (Å²) in [4.78, 5) is 11.8. The van der Waals surface area contributed by atoms with Crippen LogP contribution in [-0.4, -0.2) is 10.7 Å².